The number of anilines is 5. The molecule has 10 heterocycles. The lowest BCUT2D eigenvalue weighted by atomic mass is 10.1. The van der Waals surface area contributed by atoms with Crippen molar-refractivity contribution in [2.24, 2.45) is 11.7 Å². The second kappa shape index (κ2) is 23.5. The van der Waals surface area contributed by atoms with Crippen molar-refractivity contribution in [3.05, 3.63) is 148 Å². The summed E-state index contributed by atoms with van der Waals surface area (Å²) in [6.07, 6.45) is 12.4. The highest BCUT2D eigenvalue weighted by Crippen LogP contribution is 2.39. The maximum atomic E-state index is 13.5. The largest absolute Gasteiger partial charge is 0.338 e. The van der Waals surface area contributed by atoms with Crippen molar-refractivity contribution >= 4 is 73.4 Å². The molecule has 396 valence electrons. The number of imidazole rings is 2. The number of aryl methyl sites for hydroxylation is 2. The number of halogens is 3. The van der Waals surface area contributed by atoms with E-state index in [9.17, 15) is 19.3 Å². The molecule has 0 saturated carbocycles. The highest BCUT2D eigenvalue weighted by Gasteiger charge is 2.27. The van der Waals surface area contributed by atoms with Crippen LogP contribution in [0.15, 0.2) is 110 Å². The van der Waals surface area contributed by atoms with Gasteiger partial charge in [-0.25, -0.2) is 48.7 Å². The molecule has 10 aromatic rings. The van der Waals surface area contributed by atoms with Gasteiger partial charge in [-0.1, -0.05) is 50.9 Å². The van der Waals surface area contributed by atoms with Gasteiger partial charge in [-0.2, -0.15) is 10.5 Å². The van der Waals surface area contributed by atoms with Crippen LogP contribution in [-0.4, -0.2) is 95.0 Å². The van der Waals surface area contributed by atoms with Gasteiger partial charge in [-0.15, -0.1) is 0 Å². The van der Waals surface area contributed by atoms with Gasteiger partial charge in [0.15, 0.2) is 10.3 Å². The van der Waals surface area contributed by atoms with Gasteiger partial charge in [0.25, 0.3) is 0 Å². The van der Waals surface area contributed by atoms with E-state index < -0.39 is 0 Å². The quantitative estimate of drug-likeness (QED) is 0.116. The van der Waals surface area contributed by atoms with Crippen molar-refractivity contribution < 1.29 is 8.78 Å². The smallest absolute Gasteiger partial charge is 0.225 e. The first-order chi connectivity index (χ1) is 37.3. The van der Waals surface area contributed by atoms with E-state index in [4.69, 9.17) is 37.3 Å². The Balaban J connectivity index is 0.000000173. The number of nitriles is 2. The molecule has 2 saturated heterocycles. The monoisotopic (exact) mass is 1100 g/mol. The van der Waals surface area contributed by atoms with Crippen LogP contribution in [0.1, 0.15) is 49.3 Å². The van der Waals surface area contributed by atoms with Gasteiger partial charge in [-0.3, -0.25) is 8.80 Å². The number of aromatic nitrogens is 10. The molecule has 0 amide bonds. The average molecular weight is 1100 g/mol. The van der Waals surface area contributed by atoms with Crippen LogP contribution in [0.3, 0.4) is 0 Å². The van der Waals surface area contributed by atoms with Gasteiger partial charge in [0.2, 0.25) is 11.2 Å². The van der Waals surface area contributed by atoms with E-state index >= 15 is 0 Å². The van der Waals surface area contributed by atoms with Crippen LogP contribution in [0, 0.1) is 40.2 Å². The molecular formula is C56H54ClF2N17S2. The molecule has 0 radical (unpaired) electrons. The summed E-state index contributed by atoms with van der Waals surface area (Å²) in [4.78, 5) is 43.2. The predicted octanol–water partition coefficient (Wildman–Crippen LogP) is 11.2. The van der Waals surface area contributed by atoms with E-state index in [1.54, 1.807) is 36.7 Å². The summed E-state index contributed by atoms with van der Waals surface area (Å²) in [5.74, 6) is 2.67. The number of fused-ring (bicyclic) bond motifs is 2. The lowest BCUT2D eigenvalue weighted by Crippen LogP contribution is -2.56. The summed E-state index contributed by atoms with van der Waals surface area (Å²) >= 11 is 8.41. The second-order valence-corrected chi connectivity index (χ2v) is 20.7. The first kappa shape index (κ1) is 54.5. The Morgan fingerprint density at radius 1 is 0.641 bits per heavy atom. The third-order valence-corrected chi connectivity index (χ3v) is 15.2. The molecule has 0 unspecified atom stereocenters. The Morgan fingerprint density at radius 2 is 1.04 bits per heavy atom. The molecule has 2 aliphatic heterocycles. The number of rotatable bonds is 11. The molecular weight excluding hydrogens is 1050 g/mol. The molecule has 17 nitrogen and oxygen atoms in total. The van der Waals surface area contributed by atoms with Crippen molar-refractivity contribution in [2.75, 3.05) is 55.0 Å². The third kappa shape index (κ3) is 11.2. The summed E-state index contributed by atoms with van der Waals surface area (Å²) in [6, 6.07) is 24.5. The molecule has 8 aromatic heterocycles. The maximum absolute atomic E-state index is 13.5. The molecule has 0 bridgehead atoms. The van der Waals surface area contributed by atoms with Gasteiger partial charge in [-0.05, 0) is 116 Å². The van der Waals surface area contributed by atoms with Crippen LogP contribution in [-0.2, 0) is 12.8 Å². The van der Waals surface area contributed by atoms with Crippen molar-refractivity contribution in [1.82, 2.24) is 54.0 Å². The molecule has 22 heteroatoms. The van der Waals surface area contributed by atoms with Gasteiger partial charge >= 0.3 is 0 Å². The maximum Gasteiger partial charge on any atom is 0.225 e. The number of pyridine rings is 2. The van der Waals surface area contributed by atoms with E-state index in [1.165, 1.54) is 60.0 Å². The Morgan fingerprint density at radius 3 is 1.40 bits per heavy atom. The molecule has 2 fully saturated rings. The molecule has 2 aromatic carbocycles. The van der Waals surface area contributed by atoms with E-state index in [0.717, 1.165) is 75.6 Å². The SMILES string of the molecule is C.CC1CNC1.CCc1nc2ccc(-c3cnc(Cl)nc3)cn2c1N(C)c1nc(-c2ccc(F)cc2)c(C#N)s1.CCc1nc2ccc(-c3cnc(N4CC(N)C4)nc3)cn2c1N(C)c1nc(-c2ccc(F)cc2)c(C#N)s1. The summed E-state index contributed by atoms with van der Waals surface area (Å²) in [6.45, 7) is 10.3. The predicted molar refractivity (Wildman–Crippen MR) is 306 cm³/mol. The van der Waals surface area contributed by atoms with Gasteiger partial charge in [0.05, 0.1) is 11.4 Å². The lowest BCUT2D eigenvalue weighted by molar-refractivity contribution is 0.379. The molecule has 2 aliphatic rings. The van der Waals surface area contributed by atoms with Crippen LogP contribution in [0.5, 0.6) is 0 Å². The highest BCUT2D eigenvalue weighted by molar-refractivity contribution is 7.17. The van der Waals surface area contributed by atoms with Crippen molar-refractivity contribution in [1.29, 1.82) is 10.5 Å². The standard InChI is InChI=1S/C27H24FN9S.C24H17ClFN7S.C4H9N.CH4/c1-3-21-25(35(2)27-34-24(22(10-29)38-27)16-4-7-19(28)8-5-16)37-13-17(6-9-23(37)33-21)18-11-31-26(32-12-18)36-14-20(30)15-36;1-3-18-22(33-13-15(6-9-20(33)30-18)16-11-28-23(25)29-12-16)32(2)24-31-21(19(10-27)34-24)14-4-7-17(26)8-5-14;1-4-2-5-3-4;/h4-9,11-13,20H,3,14-15,30H2,1-2H3;4-9,11-13H,3H2,1-2H3;4-5H,2-3H2,1H3;1H4. The highest BCUT2D eigenvalue weighted by atomic mass is 35.5. The fraction of sp³-hybridized carbons (Fsp3) is 0.250. The number of nitrogens with one attached hydrogen (secondary N) is 1. The number of thiazole rings is 2. The zero-order chi connectivity index (χ0) is 53.9. The van der Waals surface area contributed by atoms with Crippen LogP contribution in [0.25, 0.3) is 56.1 Å². The van der Waals surface area contributed by atoms with Crippen LogP contribution in [0.2, 0.25) is 5.28 Å². The minimum Gasteiger partial charge on any atom is -0.338 e. The number of nitrogens with zero attached hydrogens (tertiary/aromatic N) is 15. The molecule has 0 atom stereocenters. The zero-order valence-electron chi connectivity index (χ0n) is 42.5. The van der Waals surface area contributed by atoms with Crippen LogP contribution >= 0.6 is 34.3 Å². The molecule has 12 rings (SSSR count). The lowest BCUT2D eigenvalue weighted by Gasteiger charge is -2.36. The fourth-order valence-electron chi connectivity index (χ4n) is 8.74. The van der Waals surface area contributed by atoms with Crippen molar-refractivity contribution in [3.8, 4) is 56.9 Å². The minimum atomic E-state index is -0.338. The van der Waals surface area contributed by atoms with Gasteiger partial charge in [0.1, 0.15) is 67.8 Å². The minimum absolute atomic E-state index is 0. The summed E-state index contributed by atoms with van der Waals surface area (Å²) in [5.41, 5.74) is 15.3. The molecule has 0 aliphatic carbocycles. The second-order valence-electron chi connectivity index (χ2n) is 18.4. The summed E-state index contributed by atoms with van der Waals surface area (Å²) in [7, 11) is 3.81. The van der Waals surface area contributed by atoms with E-state index in [-0.39, 0.29) is 30.4 Å². The van der Waals surface area contributed by atoms with Gasteiger partial charge < -0.3 is 25.8 Å². The topological polar surface area (TPSA) is 207 Å². The van der Waals surface area contributed by atoms with E-state index in [0.29, 0.717) is 61.3 Å². The number of benzene rings is 2. The average Bonchev–Trinajstić information content (AvgIpc) is 4.29. The number of hydrogen-bond acceptors (Lipinski definition) is 17. The Bertz CT molecular complexity index is 3800. The number of nitrogens with two attached hydrogens (primary N) is 1. The van der Waals surface area contributed by atoms with Gasteiger partial charge in [0, 0.05) is 104 Å². The van der Waals surface area contributed by atoms with E-state index in [2.05, 4.69) is 56.1 Å². The Kier molecular flexibility index (Phi) is 16.4. The van der Waals surface area contributed by atoms with Crippen molar-refractivity contribution in [2.45, 2.75) is 47.1 Å². The number of hydrogen-bond donors (Lipinski definition) is 2. The van der Waals surface area contributed by atoms with Crippen LogP contribution in [0.4, 0.5) is 36.6 Å². The third-order valence-electron chi connectivity index (χ3n) is 13.0. The van der Waals surface area contributed by atoms with Crippen molar-refractivity contribution in [3.63, 3.8) is 0 Å². The summed E-state index contributed by atoms with van der Waals surface area (Å²) < 4.78 is 30.9. The molecule has 78 heavy (non-hydrogen) atoms. The zero-order valence-corrected chi connectivity index (χ0v) is 44.9. The normalized spacial score (nSPS) is 13.0. The molecule has 0 spiro atoms. The van der Waals surface area contributed by atoms with Crippen LogP contribution < -0.4 is 25.8 Å². The molecule has 3 N–H and O–H groups in total. The first-order valence-electron chi connectivity index (χ1n) is 24.7. The Hall–Kier alpha value is -8.31. The first-order valence-corrected chi connectivity index (χ1v) is 26.7. The Labute approximate surface area is 463 Å². The van der Waals surface area contributed by atoms with E-state index in [1.807, 2.05) is 88.7 Å². The summed E-state index contributed by atoms with van der Waals surface area (Å²) in [5, 5.41) is 24.1. The fourth-order valence-corrected chi connectivity index (χ4v) is 10.5.